The van der Waals surface area contributed by atoms with Crippen molar-refractivity contribution in [2.45, 2.75) is 39.3 Å². The Kier molecular flexibility index (Phi) is 4.66. The molecule has 2 rings (SSSR count). The van der Waals surface area contributed by atoms with E-state index in [2.05, 4.69) is 11.8 Å². The number of methoxy groups -OCH3 is 1. The van der Waals surface area contributed by atoms with Crippen molar-refractivity contribution in [3.63, 3.8) is 0 Å². The van der Waals surface area contributed by atoms with Crippen molar-refractivity contribution in [1.29, 1.82) is 0 Å². The highest BCUT2D eigenvalue weighted by atomic mass is 19.1. The van der Waals surface area contributed by atoms with Crippen LogP contribution < -0.4 is 10.6 Å². The highest BCUT2D eigenvalue weighted by molar-refractivity contribution is 5.57. The average Bonchev–Trinajstić information content (AvgIpc) is 2.41. The summed E-state index contributed by atoms with van der Waals surface area (Å²) >= 11 is 0. The fraction of sp³-hybridized carbons (Fsp3) is 0.625. The number of hydrogen-bond acceptors (Lipinski definition) is 3. The summed E-state index contributed by atoms with van der Waals surface area (Å²) in [5.41, 5.74) is 8.60. The van der Waals surface area contributed by atoms with Gasteiger partial charge in [0, 0.05) is 31.9 Å². The van der Waals surface area contributed by atoms with Gasteiger partial charge >= 0.3 is 0 Å². The van der Waals surface area contributed by atoms with E-state index in [4.69, 9.17) is 10.5 Å². The molecule has 1 fully saturated rings. The Hall–Kier alpha value is -1.13. The number of ether oxygens (including phenoxy) is 1. The first-order chi connectivity index (χ1) is 9.43. The van der Waals surface area contributed by atoms with Crippen molar-refractivity contribution in [3.05, 3.63) is 29.1 Å². The Labute approximate surface area is 120 Å². The van der Waals surface area contributed by atoms with Gasteiger partial charge in [-0.05, 0) is 49.4 Å². The molecule has 0 aromatic heterocycles. The van der Waals surface area contributed by atoms with Gasteiger partial charge < -0.3 is 15.4 Å². The van der Waals surface area contributed by atoms with Gasteiger partial charge in [-0.15, -0.1) is 0 Å². The fourth-order valence-corrected chi connectivity index (χ4v) is 2.88. The largest absolute Gasteiger partial charge is 0.379 e. The number of piperidine rings is 1. The molecule has 1 heterocycles. The summed E-state index contributed by atoms with van der Waals surface area (Å²) in [7, 11) is 1.76. The van der Waals surface area contributed by atoms with Crippen LogP contribution in [-0.4, -0.2) is 26.3 Å². The van der Waals surface area contributed by atoms with Gasteiger partial charge in [-0.3, -0.25) is 0 Å². The van der Waals surface area contributed by atoms with Crippen molar-refractivity contribution in [2.75, 3.05) is 25.1 Å². The number of nitrogens with two attached hydrogens (primary N) is 1. The van der Waals surface area contributed by atoms with Crippen molar-refractivity contribution in [1.82, 2.24) is 0 Å². The normalized spacial score (nSPS) is 24.8. The molecule has 112 valence electrons. The molecule has 1 saturated heterocycles. The zero-order valence-electron chi connectivity index (χ0n) is 12.8. The summed E-state index contributed by atoms with van der Waals surface area (Å²) in [5.74, 6) is 0.367. The van der Waals surface area contributed by atoms with E-state index in [9.17, 15) is 4.39 Å². The lowest BCUT2D eigenvalue weighted by Crippen LogP contribution is -2.44. The molecule has 0 aliphatic carbocycles. The number of aryl methyl sites for hydroxylation is 1. The van der Waals surface area contributed by atoms with E-state index < -0.39 is 0 Å². The predicted molar refractivity (Wildman–Crippen MR) is 80.5 cm³/mol. The predicted octanol–water partition coefficient (Wildman–Crippen LogP) is 3.02. The molecule has 1 aliphatic heterocycles. The second kappa shape index (κ2) is 6.10. The van der Waals surface area contributed by atoms with E-state index >= 15 is 0 Å². The Balaban J connectivity index is 2.34. The highest BCUT2D eigenvalue weighted by Gasteiger charge is 2.28. The van der Waals surface area contributed by atoms with Crippen LogP contribution in [0.2, 0.25) is 0 Å². The number of nitrogens with zero attached hydrogens (tertiary/aromatic N) is 1. The zero-order chi connectivity index (χ0) is 14.9. The van der Waals surface area contributed by atoms with Gasteiger partial charge in [-0.1, -0.05) is 6.92 Å². The Morgan fingerprint density at radius 3 is 2.75 bits per heavy atom. The van der Waals surface area contributed by atoms with Crippen LogP contribution in [0.1, 0.15) is 37.4 Å². The summed E-state index contributed by atoms with van der Waals surface area (Å²) in [6.07, 6.45) is 1.29. The summed E-state index contributed by atoms with van der Waals surface area (Å²) in [4.78, 5) is 2.28. The maximum atomic E-state index is 13.8. The van der Waals surface area contributed by atoms with Crippen LogP contribution in [0, 0.1) is 18.7 Å². The summed E-state index contributed by atoms with van der Waals surface area (Å²) in [6.45, 7) is 7.71. The molecule has 4 heteroatoms. The van der Waals surface area contributed by atoms with Gasteiger partial charge in [0.1, 0.15) is 5.82 Å². The van der Waals surface area contributed by atoms with Crippen LogP contribution >= 0.6 is 0 Å². The summed E-state index contributed by atoms with van der Waals surface area (Å²) < 4.78 is 19.4. The second-order valence-corrected chi connectivity index (χ2v) is 5.94. The van der Waals surface area contributed by atoms with E-state index in [0.717, 1.165) is 30.8 Å². The highest BCUT2D eigenvalue weighted by Crippen LogP contribution is 2.32. The molecule has 1 aromatic carbocycles. The van der Waals surface area contributed by atoms with E-state index in [-0.39, 0.29) is 18.0 Å². The molecule has 0 amide bonds. The number of rotatable bonds is 3. The third kappa shape index (κ3) is 2.96. The fourth-order valence-electron chi connectivity index (χ4n) is 2.88. The van der Waals surface area contributed by atoms with Crippen molar-refractivity contribution in [3.8, 4) is 0 Å². The molecule has 3 nitrogen and oxygen atoms in total. The van der Waals surface area contributed by atoms with Gasteiger partial charge in [0.25, 0.3) is 0 Å². The summed E-state index contributed by atoms with van der Waals surface area (Å²) in [6, 6.07) is 3.31. The lowest BCUT2D eigenvalue weighted by molar-refractivity contribution is 0.0498. The van der Waals surface area contributed by atoms with Crippen molar-refractivity contribution < 1.29 is 9.13 Å². The zero-order valence-corrected chi connectivity index (χ0v) is 12.8. The molecule has 0 saturated carbocycles. The van der Waals surface area contributed by atoms with Gasteiger partial charge in [0.2, 0.25) is 0 Å². The lowest BCUT2D eigenvalue weighted by atomic mass is 9.94. The van der Waals surface area contributed by atoms with Crippen LogP contribution in [0.15, 0.2) is 12.1 Å². The molecule has 0 radical (unpaired) electrons. The molecule has 0 spiro atoms. The maximum absolute atomic E-state index is 13.8. The number of hydrogen-bond donors (Lipinski definition) is 1. The first-order valence-electron chi connectivity index (χ1n) is 7.27. The minimum absolute atomic E-state index is 0.180. The topological polar surface area (TPSA) is 38.5 Å². The van der Waals surface area contributed by atoms with E-state index in [1.807, 2.05) is 13.0 Å². The Morgan fingerprint density at radius 2 is 2.15 bits per heavy atom. The van der Waals surface area contributed by atoms with E-state index in [1.165, 1.54) is 0 Å². The molecular weight excluding hydrogens is 255 g/mol. The van der Waals surface area contributed by atoms with Crippen LogP contribution in [-0.2, 0) is 4.74 Å². The third-order valence-corrected chi connectivity index (χ3v) is 4.33. The SMILES string of the molecule is COC1CN(c2cc(C)c(F)cc2[C@@H](C)N)CCC1C. The van der Waals surface area contributed by atoms with Gasteiger partial charge in [0.15, 0.2) is 0 Å². The monoisotopic (exact) mass is 280 g/mol. The molecule has 2 unspecified atom stereocenters. The van der Waals surface area contributed by atoms with Crippen LogP contribution in [0.4, 0.5) is 10.1 Å². The van der Waals surface area contributed by atoms with Crippen LogP contribution in [0.5, 0.6) is 0 Å². The number of anilines is 1. The maximum Gasteiger partial charge on any atom is 0.126 e. The minimum atomic E-state index is -0.185. The molecule has 2 N–H and O–H groups in total. The van der Waals surface area contributed by atoms with Gasteiger partial charge in [0.05, 0.1) is 6.10 Å². The Morgan fingerprint density at radius 1 is 1.45 bits per heavy atom. The molecule has 1 aliphatic rings. The first-order valence-corrected chi connectivity index (χ1v) is 7.27. The molecule has 3 atom stereocenters. The first kappa shape index (κ1) is 15.3. The standard InChI is InChI=1S/C16H25FN2O/c1-10-5-6-19(9-16(10)20-4)15-7-11(2)14(17)8-13(15)12(3)18/h7-8,10,12,16H,5-6,9,18H2,1-4H3/t10?,12-,16?/m1/s1. The second-order valence-electron chi connectivity index (χ2n) is 5.94. The smallest absolute Gasteiger partial charge is 0.126 e. The van der Waals surface area contributed by atoms with Crippen molar-refractivity contribution in [2.24, 2.45) is 11.7 Å². The van der Waals surface area contributed by atoms with E-state index in [1.54, 1.807) is 20.1 Å². The molecule has 1 aromatic rings. The summed E-state index contributed by atoms with van der Waals surface area (Å²) in [5, 5.41) is 0. The molecule has 20 heavy (non-hydrogen) atoms. The molecular formula is C16H25FN2O. The van der Waals surface area contributed by atoms with Crippen LogP contribution in [0.3, 0.4) is 0 Å². The van der Waals surface area contributed by atoms with Crippen molar-refractivity contribution >= 4 is 5.69 Å². The Bertz CT molecular complexity index is 476. The number of halogens is 1. The van der Waals surface area contributed by atoms with E-state index in [0.29, 0.717) is 11.5 Å². The average molecular weight is 280 g/mol. The van der Waals surface area contributed by atoms with Gasteiger partial charge in [-0.2, -0.15) is 0 Å². The molecule has 0 bridgehead atoms. The van der Waals surface area contributed by atoms with Gasteiger partial charge in [-0.25, -0.2) is 4.39 Å². The lowest BCUT2D eigenvalue weighted by Gasteiger charge is -2.39. The van der Waals surface area contributed by atoms with Crippen LogP contribution in [0.25, 0.3) is 0 Å². The third-order valence-electron chi connectivity index (χ3n) is 4.33. The quantitative estimate of drug-likeness (QED) is 0.925. The number of benzene rings is 1. The minimum Gasteiger partial charge on any atom is -0.379 e.